The fourth-order valence-electron chi connectivity index (χ4n) is 4.07. The molecule has 3 unspecified atom stereocenters. The molecule has 0 spiro atoms. The van der Waals surface area contributed by atoms with Crippen molar-refractivity contribution in [2.24, 2.45) is 11.8 Å². The van der Waals surface area contributed by atoms with Gasteiger partial charge in [0.25, 0.3) is 0 Å². The highest BCUT2D eigenvalue weighted by Crippen LogP contribution is 2.28. The van der Waals surface area contributed by atoms with Crippen LogP contribution >= 0.6 is 0 Å². The van der Waals surface area contributed by atoms with E-state index in [0.717, 1.165) is 24.8 Å². The Morgan fingerprint density at radius 3 is 2.78 bits per heavy atom. The van der Waals surface area contributed by atoms with Crippen molar-refractivity contribution in [2.45, 2.75) is 84.7 Å². The molecule has 176 valence electrons. The first-order valence-corrected chi connectivity index (χ1v) is 11.8. The summed E-state index contributed by atoms with van der Waals surface area (Å²) >= 11 is 0. The van der Waals surface area contributed by atoms with Gasteiger partial charge in [0.15, 0.2) is 0 Å². The van der Waals surface area contributed by atoms with Gasteiger partial charge in [0.2, 0.25) is 0 Å². The van der Waals surface area contributed by atoms with E-state index in [2.05, 4.69) is 44.2 Å². The minimum atomic E-state index is -0.312. The number of hydrogen-bond donors (Lipinski definition) is 1. The molecule has 2 heterocycles. The van der Waals surface area contributed by atoms with Crippen molar-refractivity contribution in [3.05, 3.63) is 71.9 Å². The van der Waals surface area contributed by atoms with Crippen molar-refractivity contribution in [2.75, 3.05) is 0 Å². The predicted octanol–water partition coefficient (Wildman–Crippen LogP) is 6.01. The van der Waals surface area contributed by atoms with Gasteiger partial charge in [0.05, 0.1) is 18.3 Å². The molecule has 0 radical (unpaired) electrons. The molecule has 1 saturated heterocycles. The first-order chi connectivity index (χ1) is 15.3. The average Bonchev–Trinajstić information content (AvgIpc) is 2.74. The Hall–Kier alpha value is -2.17. The molecular weight excluding hydrogens is 400 g/mol. The summed E-state index contributed by atoms with van der Waals surface area (Å²) in [6, 6.07) is 0. The van der Waals surface area contributed by atoms with Gasteiger partial charge in [-0.15, -0.1) is 0 Å². The lowest BCUT2D eigenvalue weighted by molar-refractivity contribution is -0.142. The second kappa shape index (κ2) is 13.4. The zero-order valence-corrected chi connectivity index (χ0v) is 20.2. The Balaban J connectivity index is 1.77. The van der Waals surface area contributed by atoms with Crippen LogP contribution in [0.4, 0.5) is 0 Å². The summed E-state index contributed by atoms with van der Waals surface area (Å²) in [5, 5.41) is 10.3. The monoisotopic (exact) mass is 440 g/mol. The molecule has 4 heteroatoms. The van der Waals surface area contributed by atoms with Crippen molar-refractivity contribution < 1.29 is 19.4 Å². The first-order valence-electron chi connectivity index (χ1n) is 11.8. The zero-order chi connectivity index (χ0) is 23.5. The molecule has 2 aliphatic rings. The van der Waals surface area contributed by atoms with Crippen LogP contribution < -0.4 is 0 Å². The van der Waals surface area contributed by atoms with E-state index in [9.17, 15) is 9.90 Å². The molecule has 0 saturated carbocycles. The van der Waals surface area contributed by atoms with Gasteiger partial charge in [-0.25, -0.2) is 4.79 Å². The minimum absolute atomic E-state index is 0.00798. The highest BCUT2D eigenvalue weighted by molar-refractivity contribution is 5.83. The number of ether oxygens (including phenoxy) is 2. The summed E-state index contributed by atoms with van der Waals surface area (Å²) in [7, 11) is 0. The maximum Gasteiger partial charge on any atom is 0.331 e. The molecule has 4 nitrogen and oxygen atoms in total. The predicted molar refractivity (Wildman–Crippen MR) is 131 cm³/mol. The van der Waals surface area contributed by atoms with E-state index in [0.29, 0.717) is 12.3 Å². The van der Waals surface area contributed by atoms with E-state index < -0.39 is 0 Å². The topological polar surface area (TPSA) is 55.8 Å². The highest BCUT2D eigenvalue weighted by atomic mass is 16.5. The molecule has 1 fully saturated rings. The van der Waals surface area contributed by atoms with Crippen LogP contribution in [0, 0.1) is 11.8 Å². The molecule has 6 atom stereocenters. The number of esters is 1. The number of carbonyl (C=O) groups is 1. The molecule has 0 aromatic rings. The van der Waals surface area contributed by atoms with Crippen LogP contribution in [0.1, 0.15) is 60.3 Å². The Morgan fingerprint density at radius 1 is 1.28 bits per heavy atom. The van der Waals surface area contributed by atoms with Gasteiger partial charge in [-0.1, -0.05) is 74.1 Å². The number of cyclic esters (lactones) is 1. The summed E-state index contributed by atoms with van der Waals surface area (Å²) in [5.74, 6) is 0.284. The van der Waals surface area contributed by atoms with Crippen LogP contribution in [0.15, 0.2) is 71.9 Å². The maximum absolute atomic E-state index is 11.4. The average molecular weight is 441 g/mol. The number of hydrogen-bond acceptors (Lipinski definition) is 4. The van der Waals surface area contributed by atoms with E-state index >= 15 is 0 Å². The summed E-state index contributed by atoms with van der Waals surface area (Å²) in [5.41, 5.74) is 2.37. The standard InChI is InChI=1S/C28H40O4/c1-6-11-27-23(5)25(29)19-24(31-27)15-8-7-12-20(2)18-21(3)13-9-14-22(4)26-16-10-17-28(30)32-26/h6-14,17,21,23-27,29H,15-16,18-19H2,1-5H3/b8-7+,11-6+,13-9-,20-12+,22-14+/t21-,23-,24?,25+,26?,27?/m0/s1. The van der Waals surface area contributed by atoms with E-state index in [4.69, 9.17) is 9.47 Å². The maximum atomic E-state index is 11.4. The normalized spacial score (nSPS) is 31.1. The molecule has 0 aliphatic carbocycles. The molecule has 2 rings (SSSR count). The molecule has 2 aliphatic heterocycles. The molecule has 0 bridgehead atoms. The van der Waals surface area contributed by atoms with E-state index in [1.807, 2.05) is 45.1 Å². The largest absolute Gasteiger partial charge is 0.454 e. The third-order valence-electron chi connectivity index (χ3n) is 6.09. The third-order valence-corrected chi connectivity index (χ3v) is 6.09. The molecule has 0 amide bonds. The summed E-state index contributed by atoms with van der Waals surface area (Å²) in [4.78, 5) is 11.4. The lowest BCUT2D eigenvalue weighted by atomic mass is 9.89. The molecule has 1 N–H and O–H groups in total. The Bertz CT molecular complexity index is 783. The van der Waals surface area contributed by atoms with E-state index in [1.54, 1.807) is 0 Å². The SMILES string of the molecule is C/C=C/C1OC(C/C=C/C=C(\C)C[C@@H](C)/C=C\C=C(/C)C2CC=CC(=O)O2)C[C@@H](O)[C@@H]1C. The van der Waals surface area contributed by atoms with Gasteiger partial charge < -0.3 is 14.6 Å². The lowest BCUT2D eigenvalue weighted by Crippen LogP contribution is -2.41. The number of allylic oxidation sites excluding steroid dienone is 7. The van der Waals surface area contributed by atoms with Crippen molar-refractivity contribution in [1.82, 2.24) is 0 Å². The summed E-state index contributed by atoms with van der Waals surface area (Å²) in [6.07, 6.45) is 22.9. The van der Waals surface area contributed by atoms with Crippen LogP contribution in [0.25, 0.3) is 0 Å². The van der Waals surface area contributed by atoms with Gasteiger partial charge in [0, 0.05) is 24.8 Å². The first kappa shape index (κ1) is 26.1. The van der Waals surface area contributed by atoms with Crippen LogP contribution in [0.2, 0.25) is 0 Å². The Kier molecular flexibility index (Phi) is 10.9. The quantitative estimate of drug-likeness (QED) is 0.271. The smallest absolute Gasteiger partial charge is 0.331 e. The summed E-state index contributed by atoms with van der Waals surface area (Å²) < 4.78 is 11.5. The lowest BCUT2D eigenvalue weighted by Gasteiger charge is -2.36. The molecule has 32 heavy (non-hydrogen) atoms. The van der Waals surface area contributed by atoms with Gasteiger partial charge in [-0.05, 0) is 45.1 Å². The van der Waals surface area contributed by atoms with Crippen molar-refractivity contribution in [1.29, 1.82) is 0 Å². The highest BCUT2D eigenvalue weighted by Gasteiger charge is 2.32. The number of rotatable bonds is 9. The van der Waals surface area contributed by atoms with Crippen molar-refractivity contribution in [3.63, 3.8) is 0 Å². The second-order valence-electron chi connectivity index (χ2n) is 9.13. The minimum Gasteiger partial charge on any atom is -0.454 e. The second-order valence-corrected chi connectivity index (χ2v) is 9.13. The fourth-order valence-corrected chi connectivity index (χ4v) is 4.07. The van der Waals surface area contributed by atoms with Gasteiger partial charge in [0.1, 0.15) is 6.10 Å². The van der Waals surface area contributed by atoms with Gasteiger partial charge >= 0.3 is 5.97 Å². The Morgan fingerprint density at radius 2 is 2.06 bits per heavy atom. The number of aliphatic hydroxyl groups excluding tert-OH is 1. The number of carbonyl (C=O) groups excluding carboxylic acids is 1. The van der Waals surface area contributed by atoms with Crippen LogP contribution in [-0.4, -0.2) is 35.5 Å². The molecule has 0 aromatic heterocycles. The molecule has 0 aromatic carbocycles. The van der Waals surface area contributed by atoms with Crippen LogP contribution in [0.5, 0.6) is 0 Å². The number of aliphatic hydroxyl groups is 1. The van der Waals surface area contributed by atoms with Crippen LogP contribution in [0.3, 0.4) is 0 Å². The van der Waals surface area contributed by atoms with E-state index in [1.165, 1.54) is 11.6 Å². The van der Waals surface area contributed by atoms with Crippen LogP contribution in [-0.2, 0) is 14.3 Å². The fraction of sp³-hybridized carbons (Fsp3) is 0.536. The van der Waals surface area contributed by atoms with Gasteiger partial charge in [-0.2, -0.15) is 0 Å². The van der Waals surface area contributed by atoms with Crippen molar-refractivity contribution >= 4 is 5.97 Å². The summed E-state index contributed by atoms with van der Waals surface area (Å²) in [6.45, 7) is 10.4. The van der Waals surface area contributed by atoms with Crippen molar-refractivity contribution in [3.8, 4) is 0 Å². The van der Waals surface area contributed by atoms with E-state index in [-0.39, 0.29) is 36.3 Å². The van der Waals surface area contributed by atoms with Gasteiger partial charge in [-0.3, -0.25) is 0 Å². The Labute approximate surface area is 194 Å². The molecular formula is C28H40O4. The third kappa shape index (κ3) is 8.76. The zero-order valence-electron chi connectivity index (χ0n) is 20.2.